The number of anilines is 3. The molecule has 0 saturated heterocycles. The Labute approximate surface area is 173 Å². The molecule has 0 N–H and O–H groups in total. The van der Waals surface area contributed by atoms with E-state index in [9.17, 15) is 0 Å². The predicted octanol–water partition coefficient (Wildman–Crippen LogP) is 7.37. The minimum Gasteiger partial charge on any atom is -0.493 e. The van der Waals surface area contributed by atoms with Crippen LogP contribution in [-0.4, -0.2) is 6.61 Å². The van der Waals surface area contributed by atoms with Crippen LogP contribution in [0.25, 0.3) is 0 Å². The number of benzene rings is 3. The normalized spacial score (nSPS) is 16.1. The molecule has 29 heavy (non-hydrogen) atoms. The fraction of sp³-hybridized carbons (Fsp3) is 0.185. The van der Waals surface area contributed by atoms with E-state index in [4.69, 9.17) is 4.74 Å². The fourth-order valence-corrected chi connectivity index (χ4v) is 3.89. The van der Waals surface area contributed by atoms with Crippen molar-refractivity contribution in [1.82, 2.24) is 0 Å². The van der Waals surface area contributed by atoms with E-state index in [1.807, 2.05) is 18.2 Å². The largest absolute Gasteiger partial charge is 0.493 e. The summed E-state index contributed by atoms with van der Waals surface area (Å²) in [4.78, 5) is 2.26. The summed E-state index contributed by atoms with van der Waals surface area (Å²) in [6.07, 6.45) is 1.93. The van der Waals surface area contributed by atoms with Crippen molar-refractivity contribution < 1.29 is 4.74 Å². The fourth-order valence-electron chi connectivity index (χ4n) is 3.89. The van der Waals surface area contributed by atoms with Crippen LogP contribution < -0.4 is 9.64 Å². The van der Waals surface area contributed by atoms with Crippen molar-refractivity contribution in [2.45, 2.75) is 19.8 Å². The molecule has 1 fully saturated rings. The maximum absolute atomic E-state index is 6.05. The molecule has 1 saturated carbocycles. The molecule has 1 atom stereocenters. The number of nitrogens with zero attached hydrogens (tertiary/aromatic N) is 1. The van der Waals surface area contributed by atoms with Crippen LogP contribution in [0.3, 0.4) is 0 Å². The van der Waals surface area contributed by atoms with Gasteiger partial charge in [0.25, 0.3) is 0 Å². The highest BCUT2D eigenvalue weighted by Gasteiger charge is 2.22. The Morgan fingerprint density at radius 2 is 1.55 bits per heavy atom. The molecule has 2 heteroatoms. The second-order valence-corrected chi connectivity index (χ2v) is 7.80. The van der Waals surface area contributed by atoms with Crippen molar-refractivity contribution >= 4 is 17.1 Å². The Balaban J connectivity index is 1.56. The number of hydrogen-bond donors (Lipinski definition) is 0. The third kappa shape index (κ3) is 4.43. The second kappa shape index (κ2) is 8.40. The zero-order valence-electron chi connectivity index (χ0n) is 17.0. The lowest BCUT2D eigenvalue weighted by molar-refractivity contribution is 0.275. The Kier molecular flexibility index (Phi) is 5.53. The molecular formula is C27H27NO. The summed E-state index contributed by atoms with van der Waals surface area (Å²) >= 11 is 0. The topological polar surface area (TPSA) is 12.5 Å². The minimum atomic E-state index is 0.385. The van der Waals surface area contributed by atoms with Crippen molar-refractivity contribution in [2.24, 2.45) is 5.92 Å². The minimum absolute atomic E-state index is 0.385. The summed E-state index contributed by atoms with van der Waals surface area (Å²) in [6.45, 7) is 11.0. The van der Waals surface area contributed by atoms with Gasteiger partial charge in [-0.3, -0.25) is 0 Å². The monoisotopic (exact) mass is 381 g/mol. The van der Waals surface area contributed by atoms with Gasteiger partial charge in [-0.25, -0.2) is 0 Å². The van der Waals surface area contributed by atoms with Crippen molar-refractivity contribution in [3.05, 3.63) is 109 Å². The molecule has 3 aromatic rings. The molecule has 1 unspecified atom stereocenters. The first kappa shape index (κ1) is 19.1. The van der Waals surface area contributed by atoms with Gasteiger partial charge in [-0.2, -0.15) is 0 Å². The van der Waals surface area contributed by atoms with E-state index in [2.05, 4.69) is 85.6 Å². The van der Waals surface area contributed by atoms with Gasteiger partial charge in [0.05, 0.1) is 6.61 Å². The van der Waals surface area contributed by atoms with Gasteiger partial charge >= 0.3 is 0 Å². The first-order valence-electron chi connectivity index (χ1n) is 10.1. The predicted molar refractivity (Wildman–Crippen MR) is 122 cm³/mol. The van der Waals surface area contributed by atoms with Gasteiger partial charge < -0.3 is 9.64 Å². The third-order valence-electron chi connectivity index (χ3n) is 5.41. The zero-order chi connectivity index (χ0) is 20.2. The molecule has 0 heterocycles. The summed E-state index contributed by atoms with van der Waals surface area (Å²) in [5.74, 6) is 1.27. The van der Waals surface area contributed by atoms with E-state index in [1.54, 1.807) is 0 Å². The van der Waals surface area contributed by atoms with Gasteiger partial charge in [0.2, 0.25) is 0 Å². The standard InChI is InChI=1S/C27H27NO/c1-20-8-7-11-26(18-20)28(24-9-5-4-6-10-24)25-12-14-27(15-13-25)29-19-23-17-21(2)16-22(23)3/h4-15,18,23H,2-3,16-17,19H2,1H3. The van der Waals surface area contributed by atoms with Gasteiger partial charge in [-0.15, -0.1) is 0 Å². The first-order chi connectivity index (χ1) is 14.1. The Bertz CT molecular complexity index is 1000. The van der Waals surface area contributed by atoms with Gasteiger partial charge in [0, 0.05) is 23.0 Å². The van der Waals surface area contributed by atoms with Crippen LogP contribution in [0, 0.1) is 12.8 Å². The lowest BCUT2D eigenvalue weighted by Gasteiger charge is -2.26. The van der Waals surface area contributed by atoms with Crippen LogP contribution in [0.5, 0.6) is 5.75 Å². The van der Waals surface area contributed by atoms with Crippen molar-refractivity contribution in [3.8, 4) is 5.75 Å². The number of ether oxygens (including phenoxy) is 1. The van der Waals surface area contributed by atoms with E-state index in [1.165, 1.54) is 16.7 Å². The molecule has 0 aromatic heterocycles. The number of para-hydroxylation sites is 1. The number of hydrogen-bond acceptors (Lipinski definition) is 2. The maximum Gasteiger partial charge on any atom is 0.119 e. The molecule has 1 aliphatic rings. The average Bonchev–Trinajstić information content (AvgIpc) is 3.05. The molecule has 2 nitrogen and oxygen atoms in total. The van der Waals surface area contributed by atoms with Crippen LogP contribution in [0.2, 0.25) is 0 Å². The molecule has 0 amide bonds. The van der Waals surface area contributed by atoms with Crippen molar-refractivity contribution in [1.29, 1.82) is 0 Å². The first-order valence-corrected chi connectivity index (χ1v) is 10.1. The van der Waals surface area contributed by atoms with Crippen LogP contribution in [0.4, 0.5) is 17.1 Å². The Morgan fingerprint density at radius 3 is 2.21 bits per heavy atom. The van der Waals surface area contributed by atoms with Crippen LogP contribution in [0.1, 0.15) is 18.4 Å². The molecule has 0 spiro atoms. The highest BCUT2D eigenvalue weighted by atomic mass is 16.5. The number of aryl methyl sites for hydroxylation is 1. The van der Waals surface area contributed by atoms with Crippen molar-refractivity contribution in [3.63, 3.8) is 0 Å². The average molecular weight is 382 g/mol. The summed E-state index contributed by atoms with van der Waals surface area (Å²) in [6, 6.07) is 27.3. The van der Waals surface area contributed by atoms with E-state index >= 15 is 0 Å². The molecule has 146 valence electrons. The highest BCUT2D eigenvalue weighted by Crippen LogP contribution is 2.36. The maximum atomic E-state index is 6.05. The van der Waals surface area contributed by atoms with Crippen LogP contribution in [-0.2, 0) is 0 Å². The Morgan fingerprint density at radius 1 is 0.862 bits per heavy atom. The third-order valence-corrected chi connectivity index (χ3v) is 5.41. The van der Waals surface area contributed by atoms with Gasteiger partial charge in [0.1, 0.15) is 5.75 Å². The molecular weight excluding hydrogens is 354 g/mol. The van der Waals surface area contributed by atoms with Crippen molar-refractivity contribution in [2.75, 3.05) is 11.5 Å². The van der Waals surface area contributed by atoms with Crippen LogP contribution in [0.15, 0.2) is 103 Å². The van der Waals surface area contributed by atoms with E-state index in [0.29, 0.717) is 12.5 Å². The summed E-state index contributed by atoms with van der Waals surface area (Å²) in [7, 11) is 0. The summed E-state index contributed by atoms with van der Waals surface area (Å²) < 4.78 is 6.05. The molecule has 3 aromatic carbocycles. The zero-order valence-corrected chi connectivity index (χ0v) is 17.0. The van der Waals surface area contributed by atoms with Gasteiger partial charge in [0.15, 0.2) is 0 Å². The second-order valence-electron chi connectivity index (χ2n) is 7.80. The molecule has 1 aliphatic carbocycles. The molecule has 0 radical (unpaired) electrons. The van der Waals surface area contributed by atoms with E-state index in [0.717, 1.165) is 35.7 Å². The van der Waals surface area contributed by atoms with Gasteiger partial charge in [-0.05, 0) is 73.9 Å². The number of allylic oxidation sites excluding steroid dienone is 1. The molecule has 0 bridgehead atoms. The SMILES string of the molecule is C=C1CC(=C)C(COc2ccc(N(c3ccccc3)c3cccc(C)c3)cc2)C1. The van der Waals surface area contributed by atoms with Gasteiger partial charge in [-0.1, -0.05) is 54.6 Å². The molecule has 0 aliphatic heterocycles. The lowest BCUT2D eigenvalue weighted by atomic mass is 10.1. The van der Waals surface area contributed by atoms with E-state index in [-0.39, 0.29) is 0 Å². The Hall–Kier alpha value is -3.26. The summed E-state index contributed by atoms with van der Waals surface area (Å²) in [5.41, 5.74) is 7.12. The number of rotatable bonds is 6. The van der Waals surface area contributed by atoms with Crippen LogP contribution >= 0.6 is 0 Å². The lowest BCUT2D eigenvalue weighted by Crippen LogP contribution is -2.11. The summed E-state index contributed by atoms with van der Waals surface area (Å²) in [5, 5.41) is 0. The molecule has 4 rings (SSSR count). The quantitative estimate of drug-likeness (QED) is 0.413. The highest BCUT2D eigenvalue weighted by molar-refractivity contribution is 5.76. The smallest absolute Gasteiger partial charge is 0.119 e. The van der Waals surface area contributed by atoms with E-state index < -0.39 is 0 Å².